The molecule has 156 valence electrons. The Morgan fingerprint density at radius 2 is 1.83 bits per heavy atom. The molecule has 29 heavy (non-hydrogen) atoms. The van der Waals surface area contributed by atoms with E-state index in [1.165, 1.54) is 0 Å². The summed E-state index contributed by atoms with van der Waals surface area (Å²) in [4.78, 5) is 23.6. The molecule has 1 amide bonds. The highest BCUT2D eigenvalue weighted by Gasteiger charge is 2.24. The minimum absolute atomic E-state index is 0.0270. The number of anilines is 2. The van der Waals surface area contributed by atoms with Gasteiger partial charge >= 0.3 is 0 Å². The fourth-order valence-electron chi connectivity index (χ4n) is 3.35. The molecule has 1 heterocycles. The minimum atomic E-state index is -2.56. The van der Waals surface area contributed by atoms with E-state index >= 15 is 0 Å². The van der Waals surface area contributed by atoms with Crippen LogP contribution in [0.1, 0.15) is 36.0 Å². The second kappa shape index (κ2) is 9.87. The quantitative estimate of drug-likeness (QED) is 0.659. The molecule has 9 heteroatoms. The van der Waals surface area contributed by atoms with E-state index in [-0.39, 0.29) is 18.0 Å². The topological polar surface area (TPSA) is 70.2 Å². The van der Waals surface area contributed by atoms with Gasteiger partial charge in [-0.25, -0.2) is 4.98 Å². The van der Waals surface area contributed by atoms with Crippen LogP contribution in [0.25, 0.3) is 0 Å². The average Bonchev–Trinajstić information content (AvgIpc) is 2.69. The van der Waals surface area contributed by atoms with Gasteiger partial charge in [-0.1, -0.05) is 23.9 Å². The Morgan fingerprint density at radius 3 is 2.52 bits per heavy atom. The summed E-state index contributed by atoms with van der Waals surface area (Å²) < 4.78 is 25.5. The summed E-state index contributed by atoms with van der Waals surface area (Å²) in [6, 6.07) is 8.60. The molecule has 2 aromatic rings. The molecule has 1 aromatic heterocycles. The van der Waals surface area contributed by atoms with Crippen molar-refractivity contribution < 1.29 is 13.6 Å². The molecule has 3 rings (SSSR count). The molecule has 0 atom stereocenters. The molecule has 1 aliphatic carbocycles. The SMILES string of the molecule is CN(C)c1ccnc(N[C@H]2CC[C@@H](NC(=O)c3ccccc3SC(F)F)CC2)n1. The standard InChI is InChI=1S/C20H25F2N5OS/c1-27(2)17-11-12-23-20(26-17)25-14-9-7-13(8-10-14)24-18(28)15-5-3-4-6-16(15)29-19(21)22/h3-6,11-14,19H,7-10H2,1-2H3,(H,24,28)(H,23,25,26)/t13-,14+. The lowest BCUT2D eigenvalue weighted by atomic mass is 9.91. The van der Waals surface area contributed by atoms with Crippen LogP contribution in [0.15, 0.2) is 41.4 Å². The molecular weight excluding hydrogens is 396 g/mol. The van der Waals surface area contributed by atoms with Crippen LogP contribution in [-0.2, 0) is 0 Å². The van der Waals surface area contributed by atoms with Gasteiger partial charge in [0.05, 0.1) is 5.56 Å². The van der Waals surface area contributed by atoms with Crippen molar-refractivity contribution in [1.29, 1.82) is 0 Å². The van der Waals surface area contributed by atoms with E-state index in [1.54, 1.807) is 30.5 Å². The van der Waals surface area contributed by atoms with Crippen molar-refractivity contribution in [2.24, 2.45) is 0 Å². The summed E-state index contributed by atoms with van der Waals surface area (Å²) in [5.74, 6) is -1.42. The highest BCUT2D eigenvalue weighted by atomic mass is 32.2. The number of rotatable bonds is 7. The van der Waals surface area contributed by atoms with Gasteiger partial charge in [-0.05, 0) is 43.9 Å². The summed E-state index contributed by atoms with van der Waals surface area (Å²) in [7, 11) is 3.86. The van der Waals surface area contributed by atoms with Gasteiger partial charge in [-0.2, -0.15) is 13.8 Å². The maximum atomic E-state index is 12.7. The van der Waals surface area contributed by atoms with Crippen LogP contribution in [0.4, 0.5) is 20.5 Å². The highest BCUT2D eigenvalue weighted by molar-refractivity contribution is 7.99. The first kappa shape index (κ1) is 21.3. The summed E-state index contributed by atoms with van der Waals surface area (Å²) >= 11 is 0.399. The normalized spacial score (nSPS) is 19.1. The lowest BCUT2D eigenvalue weighted by molar-refractivity contribution is 0.0923. The second-order valence-electron chi connectivity index (χ2n) is 7.17. The Kier molecular flexibility index (Phi) is 7.24. The van der Waals surface area contributed by atoms with Crippen molar-refractivity contribution in [1.82, 2.24) is 15.3 Å². The zero-order valence-corrected chi connectivity index (χ0v) is 17.3. The number of aromatic nitrogens is 2. The average molecular weight is 422 g/mol. The first-order valence-electron chi connectivity index (χ1n) is 9.54. The molecule has 2 N–H and O–H groups in total. The molecule has 0 radical (unpaired) electrons. The Morgan fingerprint density at radius 1 is 1.14 bits per heavy atom. The molecule has 1 fully saturated rings. The summed E-state index contributed by atoms with van der Waals surface area (Å²) in [5.41, 5.74) is 0.298. The minimum Gasteiger partial charge on any atom is -0.363 e. The van der Waals surface area contributed by atoms with Gasteiger partial charge in [0.1, 0.15) is 5.82 Å². The molecule has 0 aliphatic heterocycles. The van der Waals surface area contributed by atoms with Crippen molar-refractivity contribution >= 4 is 29.4 Å². The monoisotopic (exact) mass is 421 g/mol. The number of carbonyl (C=O) groups excluding carboxylic acids is 1. The number of halogens is 2. The van der Waals surface area contributed by atoms with E-state index in [0.717, 1.165) is 31.5 Å². The van der Waals surface area contributed by atoms with E-state index in [9.17, 15) is 13.6 Å². The number of amides is 1. The van der Waals surface area contributed by atoms with E-state index in [1.807, 2.05) is 25.1 Å². The third-order valence-corrected chi connectivity index (χ3v) is 5.63. The van der Waals surface area contributed by atoms with Gasteiger partial charge < -0.3 is 15.5 Å². The largest absolute Gasteiger partial charge is 0.363 e. The van der Waals surface area contributed by atoms with Crippen LogP contribution in [0.3, 0.4) is 0 Å². The van der Waals surface area contributed by atoms with Crippen molar-refractivity contribution in [2.45, 2.75) is 48.4 Å². The van der Waals surface area contributed by atoms with Crippen LogP contribution in [0.2, 0.25) is 0 Å². The van der Waals surface area contributed by atoms with Gasteiger partial charge in [0.25, 0.3) is 11.7 Å². The van der Waals surface area contributed by atoms with Crippen LogP contribution >= 0.6 is 11.8 Å². The van der Waals surface area contributed by atoms with E-state index in [0.29, 0.717) is 28.2 Å². The van der Waals surface area contributed by atoms with Crippen LogP contribution < -0.4 is 15.5 Å². The number of alkyl halides is 2. The molecular formula is C20H25F2N5OS. The van der Waals surface area contributed by atoms with E-state index in [4.69, 9.17) is 0 Å². The number of nitrogens with zero attached hydrogens (tertiary/aromatic N) is 3. The van der Waals surface area contributed by atoms with Crippen LogP contribution in [0.5, 0.6) is 0 Å². The van der Waals surface area contributed by atoms with Gasteiger partial charge in [-0.3, -0.25) is 4.79 Å². The lowest BCUT2D eigenvalue weighted by Crippen LogP contribution is -2.40. The van der Waals surface area contributed by atoms with Crippen molar-refractivity contribution in [3.8, 4) is 0 Å². The molecule has 0 unspecified atom stereocenters. The molecule has 1 saturated carbocycles. The molecule has 0 saturated heterocycles. The molecule has 0 bridgehead atoms. The zero-order chi connectivity index (χ0) is 20.8. The lowest BCUT2D eigenvalue weighted by Gasteiger charge is -2.30. The molecule has 1 aromatic carbocycles. The zero-order valence-electron chi connectivity index (χ0n) is 16.4. The van der Waals surface area contributed by atoms with Crippen molar-refractivity contribution in [2.75, 3.05) is 24.3 Å². The Balaban J connectivity index is 1.52. The molecule has 6 nitrogen and oxygen atoms in total. The number of thioether (sulfide) groups is 1. The van der Waals surface area contributed by atoms with Crippen LogP contribution in [0, 0.1) is 0 Å². The van der Waals surface area contributed by atoms with Gasteiger partial charge in [0.15, 0.2) is 0 Å². The Hall–Kier alpha value is -2.42. The third kappa shape index (κ3) is 6.03. The highest BCUT2D eigenvalue weighted by Crippen LogP contribution is 2.29. The number of hydrogen-bond donors (Lipinski definition) is 2. The summed E-state index contributed by atoms with van der Waals surface area (Å²) in [6.07, 6.45) is 5.08. The van der Waals surface area contributed by atoms with Gasteiger partial charge in [-0.15, -0.1) is 0 Å². The predicted octanol–water partition coefficient (Wildman–Crippen LogP) is 4.01. The van der Waals surface area contributed by atoms with Crippen LogP contribution in [-0.4, -0.2) is 47.8 Å². The number of carbonyl (C=O) groups is 1. The molecule has 0 spiro atoms. The fraction of sp³-hybridized carbons (Fsp3) is 0.450. The number of benzene rings is 1. The number of nitrogens with one attached hydrogen (secondary N) is 2. The Bertz CT molecular complexity index is 828. The van der Waals surface area contributed by atoms with E-state index < -0.39 is 5.76 Å². The summed E-state index contributed by atoms with van der Waals surface area (Å²) in [5, 5.41) is 6.36. The maximum absolute atomic E-state index is 12.7. The fourth-order valence-corrected chi connectivity index (χ4v) is 3.99. The van der Waals surface area contributed by atoms with Crippen molar-refractivity contribution in [3.05, 3.63) is 42.1 Å². The first-order chi connectivity index (χ1) is 13.9. The Labute approximate surface area is 173 Å². The maximum Gasteiger partial charge on any atom is 0.288 e. The van der Waals surface area contributed by atoms with Crippen molar-refractivity contribution in [3.63, 3.8) is 0 Å². The van der Waals surface area contributed by atoms with Gasteiger partial charge in [0.2, 0.25) is 5.95 Å². The number of hydrogen-bond acceptors (Lipinski definition) is 6. The summed E-state index contributed by atoms with van der Waals surface area (Å²) in [6.45, 7) is 0. The molecule has 1 aliphatic rings. The van der Waals surface area contributed by atoms with Gasteiger partial charge in [0, 0.05) is 37.3 Å². The first-order valence-corrected chi connectivity index (χ1v) is 10.4. The smallest absolute Gasteiger partial charge is 0.288 e. The predicted molar refractivity (Wildman–Crippen MR) is 112 cm³/mol. The van der Waals surface area contributed by atoms with E-state index in [2.05, 4.69) is 20.6 Å². The third-order valence-electron chi connectivity index (χ3n) is 4.84. The second-order valence-corrected chi connectivity index (χ2v) is 8.21.